The Morgan fingerprint density at radius 1 is 1.08 bits per heavy atom. The van der Waals surface area contributed by atoms with Crippen LogP contribution in [0.1, 0.15) is 24.5 Å². The Morgan fingerprint density at radius 2 is 1.96 bits per heavy atom. The molecule has 0 unspecified atom stereocenters. The van der Waals surface area contributed by atoms with E-state index >= 15 is 0 Å². The number of nitrogens with one attached hydrogen (secondary N) is 1. The summed E-state index contributed by atoms with van der Waals surface area (Å²) in [6, 6.07) is 20.1. The van der Waals surface area contributed by atoms with Crippen molar-refractivity contribution in [3.05, 3.63) is 84.2 Å². The van der Waals surface area contributed by atoms with Gasteiger partial charge in [-0.15, -0.1) is 0 Å². The quantitative estimate of drug-likeness (QED) is 0.474. The van der Waals surface area contributed by atoms with E-state index in [0.717, 1.165) is 23.1 Å². The van der Waals surface area contributed by atoms with E-state index in [9.17, 15) is 0 Å². The summed E-state index contributed by atoms with van der Waals surface area (Å²) in [6.45, 7) is 2.17. The van der Waals surface area contributed by atoms with Crippen LogP contribution in [0.5, 0.6) is 11.6 Å². The molecule has 1 N–H and O–H groups in total. The molecule has 2 heterocycles. The first-order chi connectivity index (χ1) is 12.8. The molecule has 0 amide bonds. The van der Waals surface area contributed by atoms with E-state index in [0.29, 0.717) is 5.88 Å². The Morgan fingerprint density at radius 3 is 2.73 bits per heavy atom. The van der Waals surface area contributed by atoms with E-state index in [1.807, 2.05) is 36.5 Å². The molecule has 0 fully saturated rings. The number of H-pyrrole nitrogens is 1. The Labute approximate surface area is 152 Å². The summed E-state index contributed by atoms with van der Waals surface area (Å²) in [5.74, 6) is 1.38. The van der Waals surface area contributed by atoms with Crippen LogP contribution in [0, 0.1) is 0 Å². The van der Waals surface area contributed by atoms with E-state index in [-0.39, 0.29) is 0 Å². The highest BCUT2D eigenvalue weighted by molar-refractivity contribution is 5.86. The van der Waals surface area contributed by atoms with Crippen LogP contribution in [-0.2, 0) is 0 Å². The number of benzene rings is 2. The van der Waals surface area contributed by atoms with Crippen LogP contribution in [0.4, 0.5) is 0 Å². The number of fused-ring (bicyclic) bond motifs is 1. The molecule has 0 bridgehead atoms. The van der Waals surface area contributed by atoms with E-state index < -0.39 is 0 Å². The number of aromatic amines is 1. The zero-order chi connectivity index (χ0) is 17.8. The third-order valence-electron chi connectivity index (χ3n) is 4.27. The molecule has 26 heavy (non-hydrogen) atoms. The number of nitrogens with zero attached hydrogens (tertiary/aromatic N) is 2. The average molecular weight is 341 g/mol. The van der Waals surface area contributed by atoms with Crippen molar-refractivity contribution in [3.8, 4) is 11.6 Å². The van der Waals surface area contributed by atoms with Crippen LogP contribution in [-0.4, -0.2) is 15.2 Å². The molecule has 2 aromatic carbocycles. The number of allylic oxidation sites excluding steroid dienone is 1. The molecule has 0 atom stereocenters. The number of ether oxygens (including phenoxy) is 1. The summed E-state index contributed by atoms with van der Waals surface area (Å²) < 4.78 is 5.76. The lowest BCUT2D eigenvalue weighted by atomic mass is 10.00. The van der Waals surface area contributed by atoms with Gasteiger partial charge in [-0.05, 0) is 53.5 Å². The van der Waals surface area contributed by atoms with Gasteiger partial charge in [-0.25, -0.2) is 4.98 Å². The molecule has 0 aliphatic heterocycles. The zero-order valence-corrected chi connectivity index (χ0v) is 14.5. The molecule has 4 nitrogen and oxygen atoms in total. The maximum atomic E-state index is 5.76. The normalized spacial score (nSPS) is 11.7. The van der Waals surface area contributed by atoms with Gasteiger partial charge < -0.3 is 4.74 Å². The molecule has 0 aliphatic rings. The van der Waals surface area contributed by atoms with Gasteiger partial charge in [-0.2, -0.15) is 5.10 Å². The largest absolute Gasteiger partial charge is 0.439 e. The third kappa shape index (κ3) is 3.49. The van der Waals surface area contributed by atoms with Gasteiger partial charge >= 0.3 is 0 Å². The first-order valence-corrected chi connectivity index (χ1v) is 8.65. The van der Waals surface area contributed by atoms with Crippen molar-refractivity contribution in [3.63, 3.8) is 0 Å². The summed E-state index contributed by atoms with van der Waals surface area (Å²) in [6.07, 6.45) is 6.74. The highest BCUT2D eigenvalue weighted by atomic mass is 16.5. The highest BCUT2D eigenvalue weighted by Crippen LogP contribution is 2.26. The summed E-state index contributed by atoms with van der Waals surface area (Å²) in [5, 5.41) is 8.18. The van der Waals surface area contributed by atoms with Crippen molar-refractivity contribution in [1.29, 1.82) is 0 Å². The number of hydrogen-bond donors (Lipinski definition) is 1. The monoisotopic (exact) mass is 341 g/mol. The van der Waals surface area contributed by atoms with Crippen LogP contribution < -0.4 is 4.74 Å². The molecule has 4 heteroatoms. The van der Waals surface area contributed by atoms with Gasteiger partial charge in [0, 0.05) is 17.6 Å². The van der Waals surface area contributed by atoms with Crippen LogP contribution in [0.25, 0.3) is 22.6 Å². The van der Waals surface area contributed by atoms with E-state index in [4.69, 9.17) is 4.74 Å². The van der Waals surface area contributed by atoms with Crippen molar-refractivity contribution >= 4 is 22.6 Å². The molecule has 4 aromatic rings. The summed E-state index contributed by atoms with van der Waals surface area (Å²) in [5.41, 5.74) is 4.69. The number of rotatable bonds is 5. The lowest BCUT2D eigenvalue weighted by Gasteiger charge is -2.08. The van der Waals surface area contributed by atoms with Crippen LogP contribution in [0.3, 0.4) is 0 Å². The van der Waals surface area contributed by atoms with Crippen molar-refractivity contribution in [2.75, 3.05) is 0 Å². The van der Waals surface area contributed by atoms with Gasteiger partial charge in [-0.3, -0.25) is 5.10 Å². The van der Waals surface area contributed by atoms with Gasteiger partial charge in [0.25, 0.3) is 0 Å². The van der Waals surface area contributed by atoms with Gasteiger partial charge in [0.15, 0.2) is 0 Å². The van der Waals surface area contributed by atoms with Crippen LogP contribution in [0.15, 0.2) is 73.1 Å². The van der Waals surface area contributed by atoms with Crippen LogP contribution >= 0.6 is 0 Å². The smallest absolute Gasteiger partial charge is 0.219 e. The average Bonchev–Trinajstić information content (AvgIpc) is 3.15. The lowest BCUT2D eigenvalue weighted by molar-refractivity contribution is 0.463. The second-order valence-electron chi connectivity index (χ2n) is 6.03. The third-order valence-corrected chi connectivity index (χ3v) is 4.27. The Hall–Kier alpha value is -3.40. The molecule has 2 aromatic heterocycles. The Kier molecular flexibility index (Phi) is 4.48. The van der Waals surface area contributed by atoms with Crippen molar-refractivity contribution < 1.29 is 4.74 Å². The number of hydrogen-bond acceptors (Lipinski definition) is 3. The fourth-order valence-corrected chi connectivity index (χ4v) is 2.91. The standard InChI is InChI=1S/C22H19N3O/c1-2-17(13-16-6-11-21-19(14-16)15-24-25-21)18-7-9-20(10-8-18)26-22-5-3-4-12-23-22/h3-15H,2H2,1H3,(H,24,25)/b17-13+. The molecule has 0 spiro atoms. The van der Waals surface area contributed by atoms with E-state index in [1.165, 1.54) is 16.7 Å². The van der Waals surface area contributed by atoms with Gasteiger partial charge in [0.2, 0.25) is 5.88 Å². The second-order valence-corrected chi connectivity index (χ2v) is 6.03. The molecular formula is C22H19N3O. The minimum atomic E-state index is 0.597. The lowest BCUT2D eigenvalue weighted by Crippen LogP contribution is -1.88. The topological polar surface area (TPSA) is 50.8 Å². The van der Waals surface area contributed by atoms with Crippen molar-refractivity contribution in [2.45, 2.75) is 13.3 Å². The predicted octanol–water partition coefficient (Wildman–Crippen LogP) is 5.70. The van der Waals surface area contributed by atoms with E-state index in [1.54, 1.807) is 6.20 Å². The molecular weight excluding hydrogens is 322 g/mol. The molecule has 4 rings (SSSR count). The van der Waals surface area contributed by atoms with Crippen molar-refractivity contribution in [1.82, 2.24) is 15.2 Å². The first-order valence-electron chi connectivity index (χ1n) is 8.65. The Balaban J connectivity index is 1.57. The number of aromatic nitrogens is 3. The summed E-state index contributed by atoms with van der Waals surface area (Å²) in [4.78, 5) is 4.18. The zero-order valence-electron chi connectivity index (χ0n) is 14.5. The molecule has 0 saturated heterocycles. The minimum Gasteiger partial charge on any atom is -0.439 e. The minimum absolute atomic E-state index is 0.597. The second kappa shape index (κ2) is 7.23. The maximum absolute atomic E-state index is 5.76. The summed E-state index contributed by atoms with van der Waals surface area (Å²) in [7, 11) is 0. The predicted molar refractivity (Wildman–Crippen MR) is 105 cm³/mol. The number of pyridine rings is 1. The first kappa shape index (κ1) is 16.1. The fraction of sp³-hybridized carbons (Fsp3) is 0.0909. The molecule has 0 saturated carbocycles. The maximum Gasteiger partial charge on any atom is 0.219 e. The van der Waals surface area contributed by atoms with Crippen LogP contribution in [0.2, 0.25) is 0 Å². The van der Waals surface area contributed by atoms with Gasteiger partial charge in [0.05, 0.1) is 11.7 Å². The summed E-state index contributed by atoms with van der Waals surface area (Å²) >= 11 is 0. The molecule has 128 valence electrons. The highest BCUT2D eigenvalue weighted by Gasteiger charge is 2.03. The molecule has 0 radical (unpaired) electrons. The Bertz CT molecular complexity index is 1030. The molecule has 0 aliphatic carbocycles. The van der Waals surface area contributed by atoms with E-state index in [2.05, 4.69) is 58.5 Å². The fourth-order valence-electron chi connectivity index (χ4n) is 2.91. The SMILES string of the molecule is CC/C(=C\c1ccc2[nH]ncc2c1)c1ccc(Oc2ccccn2)cc1. The van der Waals surface area contributed by atoms with Crippen molar-refractivity contribution in [2.24, 2.45) is 0 Å². The van der Waals surface area contributed by atoms with Gasteiger partial charge in [-0.1, -0.05) is 37.3 Å². The van der Waals surface area contributed by atoms with Gasteiger partial charge in [0.1, 0.15) is 5.75 Å².